The summed E-state index contributed by atoms with van der Waals surface area (Å²) in [5, 5.41) is 18.6. The first-order valence-corrected chi connectivity index (χ1v) is 15.1. The molecule has 0 bridgehead atoms. The number of aryl methyl sites for hydroxylation is 1. The van der Waals surface area contributed by atoms with E-state index in [9.17, 15) is 19.2 Å². The Morgan fingerprint density at radius 2 is 1.61 bits per heavy atom. The second-order valence-corrected chi connectivity index (χ2v) is 10.7. The Kier molecular flexibility index (Phi) is 13.7. The molecule has 3 N–H and O–H groups in total. The van der Waals surface area contributed by atoms with Crippen molar-refractivity contribution in [3.63, 3.8) is 0 Å². The van der Waals surface area contributed by atoms with Crippen LogP contribution in [0.2, 0.25) is 0 Å². The molecule has 0 saturated carbocycles. The zero-order valence-corrected chi connectivity index (χ0v) is 25.5. The number of carbonyl (C=O) groups is 4. The Morgan fingerprint density at radius 1 is 0.932 bits per heavy atom. The fraction of sp³-hybridized carbons (Fsp3) is 0.424. The van der Waals surface area contributed by atoms with Gasteiger partial charge in [0.05, 0.1) is 24.1 Å². The highest BCUT2D eigenvalue weighted by Gasteiger charge is 2.29. The Hall–Kier alpha value is -4.35. The van der Waals surface area contributed by atoms with Crippen LogP contribution in [0.25, 0.3) is 11.0 Å². The maximum atomic E-state index is 12.8. The molecule has 2 aromatic carbocycles. The minimum Gasteiger partial charge on any atom is -0.478 e. The van der Waals surface area contributed by atoms with Crippen LogP contribution in [0.3, 0.4) is 0 Å². The smallest absolute Gasteiger partial charge is 0.328 e. The van der Waals surface area contributed by atoms with Crippen molar-refractivity contribution >= 4 is 34.7 Å². The topological polar surface area (TPSA) is 145 Å². The third-order valence-corrected chi connectivity index (χ3v) is 7.35. The Balaban J connectivity index is 0.000000583. The number of carbonyl (C=O) groups excluding carboxylic acids is 2. The lowest BCUT2D eigenvalue weighted by atomic mass is 10.1. The number of rotatable bonds is 14. The second-order valence-electron chi connectivity index (χ2n) is 10.7. The number of imidazole rings is 1. The number of Topliss-reactive ketones (excluding diaryl/α,β-unsaturated/α-hetero) is 1. The summed E-state index contributed by atoms with van der Waals surface area (Å²) in [4.78, 5) is 54.0. The zero-order chi connectivity index (χ0) is 31.9. The van der Waals surface area contributed by atoms with Crippen molar-refractivity contribution in [2.45, 2.75) is 58.7 Å². The van der Waals surface area contributed by atoms with Gasteiger partial charge in [-0.15, -0.1) is 0 Å². The number of aliphatic carboxylic acids is 2. The molecule has 236 valence electrons. The molecule has 4 rings (SSSR count). The first-order valence-electron chi connectivity index (χ1n) is 15.1. The fourth-order valence-electron chi connectivity index (χ4n) is 5.24. The highest BCUT2D eigenvalue weighted by atomic mass is 16.4. The first kappa shape index (κ1) is 34.1. The lowest BCUT2D eigenvalue weighted by Crippen LogP contribution is -2.54. The molecule has 0 spiro atoms. The van der Waals surface area contributed by atoms with Gasteiger partial charge in [0.1, 0.15) is 5.82 Å². The number of carboxylic acids is 2. The maximum Gasteiger partial charge on any atom is 0.328 e. The number of carboxylic acid groups (broad SMARTS) is 2. The van der Waals surface area contributed by atoms with Gasteiger partial charge < -0.3 is 20.1 Å². The number of hydrogen-bond acceptors (Lipinski definition) is 7. The summed E-state index contributed by atoms with van der Waals surface area (Å²) in [5.74, 6) is -1.24. The van der Waals surface area contributed by atoms with Gasteiger partial charge in [0.15, 0.2) is 5.78 Å². The van der Waals surface area contributed by atoms with Crippen molar-refractivity contribution in [1.82, 2.24) is 24.7 Å². The van der Waals surface area contributed by atoms with E-state index in [-0.39, 0.29) is 11.7 Å². The van der Waals surface area contributed by atoms with E-state index in [1.165, 1.54) is 0 Å². The second kappa shape index (κ2) is 17.7. The summed E-state index contributed by atoms with van der Waals surface area (Å²) in [6.07, 6.45) is 4.69. The van der Waals surface area contributed by atoms with Gasteiger partial charge in [0.25, 0.3) is 0 Å². The van der Waals surface area contributed by atoms with E-state index in [0.29, 0.717) is 37.7 Å². The first-order chi connectivity index (χ1) is 21.2. The summed E-state index contributed by atoms with van der Waals surface area (Å²) in [6, 6.07) is 18.1. The van der Waals surface area contributed by atoms with Gasteiger partial charge >= 0.3 is 11.9 Å². The molecule has 1 amide bonds. The Morgan fingerprint density at radius 3 is 2.27 bits per heavy atom. The van der Waals surface area contributed by atoms with Crippen LogP contribution in [0.5, 0.6) is 0 Å². The maximum absolute atomic E-state index is 12.8. The standard InChI is InChI=1S/C29H39N5O2.C4H4O4/c1-3-10-24-20-32(22-29(36)30-16-4-2)18-19-33(24)21-28-31-25-13-8-9-14-26(25)34(28)17-15-27(35)23-11-6-5-7-12-23;5-3(6)1-2-4(7)8/h5-9,11-14,24H,3-4,10,15-22H2,1-2H3,(H,30,36);1-2H,(H,5,6)(H,7,8). The highest BCUT2D eigenvalue weighted by Crippen LogP contribution is 2.22. The number of fused-ring (bicyclic) bond motifs is 1. The van der Waals surface area contributed by atoms with E-state index in [4.69, 9.17) is 15.2 Å². The number of aromatic nitrogens is 2. The summed E-state index contributed by atoms with van der Waals surface area (Å²) in [6.45, 7) is 9.50. The molecule has 3 aromatic rings. The molecule has 0 aliphatic carbocycles. The third-order valence-electron chi connectivity index (χ3n) is 7.35. The molecule has 1 unspecified atom stereocenters. The van der Waals surface area contributed by atoms with Crippen molar-refractivity contribution in [3.8, 4) is 0 Å². The molecular weight excluding hydrogens is 562 g/mol. The summed E-state index contributed by atoms with van der Waals surface area (Å²) < 4.78 is 2.23. The SMILES string of the molecule is CCCNC(=O)CN1CCN(Cc2nc3ccccc3n2CCC(=O)c2ccccc2)C(CCC)C1.O=C(O)C=CC(=O)O. The quantitative estimate of drug-likeness (QED) is 0.184. The van der Waals surface area contributed by atoms with Crippen LogP contribution in [0.1, 0.15) is 55.7 Å². The van der Waals surface area contributed by atoms with Gasteiger partial charge in [-0.3, -0.25) is 19.4 Å². The van der Waals surface area contributed by atoms with Crippen molar-refractivity contribution in [2.24, 2.45) is 0 Å². The number of nitrogens with zero attached hydrogens (tertiary/aromatic N) is 4. The largest absolute Gasteiger partial charge is 0.478 e. The average Bonchev–Trinajstić information content (AvgIpc) is 3.36. The number of amides is 1. The van der Waals surface area contributed by atoms with Crippen molar-refractivity contribution < 1.29 is 29.4 Å². The molecular formula is C33H43N5O6. The van der Waals surface area contributed by atoms with E-state index < -0.39 is 11.9 Å². The Bertz CT molecular complexity index is 1400. The van der Waals surface area contributed by atoms with Gasteiger partial charge in [0.2, 0.25) is 5.91 Å². The minimum absolute atomic E-state index is 0.116. The predicted molar refractivity (Wildman–Crippen MR) is 168 cm³/mol. The molecule has 2 heterocycles. The number of benzene rings is 2. The molecule has 1 fully saturated rings. The lowest BCUT2D eigenvalue weighted by Gasteiger charge is -2.41. The van der Waals surface area contributed by atoms with E-state index in [0.717, 1.165) is 74.4 Å². The predicted octanol–water partition coefficient (Wildman–Crippen LogP) is 3.83. The van der Waals surface area contributed by atoms with Gasteiger partial charge in [-0.1, -0.05) is 62.7 Å². The minimum atomic E-state index is -1.26. The van der Waals surface area contributed by atoms with Gasteiger partial charge in [-0.2, -0.15) is 0 Å². The zero-order valence-electron chi connectivity index (χ0n) is 25.5. The van der Waals surface area contributed by atoms with Crippen LogP contribution in [-0.2, 0) is 27.5 Å². The van der Waals surface area contributed by atoms with E-state index in [1.807, 2.05) is 48.5 Å². The molecule has 44 heavy (non-hydrogen) atoms. The average molecular weight is 606 g/mol. The molecule has 1 aliphatic heterocycles. The van der Waals surface area contributed by atoms with E-state index in [1.54, 1.807) is 0 Å². The van der Waals surface area contributed by atoms with Crippen molar-refractivity contribution in [3.05, 3.63) is 78.1 Å². The van der Waals surface area contributed by atoms with Crippen molar-refractivity contribution in [1.29, 1.82) is 0 Å². The van der Waals surface area contributed by atoms with Crippen LogP contribution in [0.15, 0.2) is 66.7 Å². The van der Waals surface area contributed by atoms with Crippen LogP contribution in [0.4, 0.5) is 0 Å². The summed E-state index contributed by atoms with van der Waals surface area (Å²) in [5.41, 5.74) is 2.80. The highest BCUT2D eigenvalue weighted by molar-refractivity contribution is 5.96. The summed E-state index contributed by atoms with van der Waals surface area (Å²) in [7, 11) is 0. The number of piperazine rings is 1. The van der Waals surface area contributed by atoms with Crippen LogP contribution in [-0.4, -0.2) is 92.0 Å². The van der Waals surface area contributed by atoms with Crippen LogP contribution >= 0.6 is 0 Å². The van der Waals surface area contributed by atoms with Gasteiger partial charge in [-0.25, -0.2) is 14.6 Å². The number of nitrogens with one attached hydrogen (secondary N) is 1. The van der Waals surface area contributed by atoms with Crippen LogP contribution < -0.4 is 5.32 Å². The monoisotopic (exact) mass is 605 g/mol. The molecule has 1 atom stereocenters. The van der Waals surface area contributed by atoms with Crippen LogP contribution in [0, 0.1) is 0 Å². The molecule has 1 aromatic heterocycles. The lowest BCUT2D eigenvalue weighted by molar-refractivity contribution is -0.134. The number of hydrogen-bond donors (Lipinski definition) is 3. The normalized spacial score (nSPS) is 15.5. The number of ketones is 1. The van der Waals surface area contributed by atoms with Crippen molar-refractivity contribution in [2.75, 3.05) is 32.7 Å². The third kappa shape index (κ3) is 10.7. The molecule has 1 aliphatic rings. The van der Waals surface area contributed by atoms with Gasteiger partial charge in [0, 0.05) is 62.9 Å². The van der Waals surface area contributed by atoms with E-state index in [2.05, 4.69) is 39.6 Å². The summed E-state index contributed by atoms with van der Waals surface area (Å²) >= 11 is 0. The molecule has 11 nitrogen and oxygen atoms in total. The Labute approximate surface area is 258 Å². The fourth-order valence-corrected chi connectivity index (χ4v) is 5.24. The molecule has 0 radical (unpaired) electrons. The molecule has 11 heteroatoms. The molecule has 1 saturated heterocycles. The van der Waals surface area contributed by atoms with Gasteiger partial charge in [-0.05, 0) is 25.0 Å². The van der Waals surface area contributed by atoms with E-state index >= 15 is 0 Å². The number of para-hydroxylation sites is 2.